The van der Waals surface area contributed by atoms with Crippen LogP contribution in [0, 0.1) is 11.8 Å². The van der Waals surface area contributed by atoms with Crippen LogP contribution in [0.1, 0.15) is 20.8 Å². The fourth-order valence-corrected chi connectivity index (χ4v) is 2.20. The summed E-state index contributed by atoms with van der Waals surface area (Å²) < 4.78 is 44.2. The minimum absolute atomic E-state index is 0.0672. The third kappa shape index (κ3) is 4.59. The Kier molecular flexibility index (Phi) is 4.92. The van der Waals surface area contributed by atoms with Gasteiger partial charge >= 0.3 is 12.3 Å². The summed E-state index contributed by atoms with van der Waals surface area (Å²) in [5.74, 6) is -3.98. The molecule has 21 heavy (non-hydrogen) atoms. The summed E-state index contributed by atoms with van der Waals surface area (Å²) in [5.41, 5.74) is -0.870. The van der Waals surface area contributed by atoms with Crippen LogP contribution < -0.4 is 0 Å². The second-order valence-corrected chi connectivity index (χ2v) is 6.45. The van der Waals surface area contributed by atoms with Crippen molar-refractivity contribution in [2.45, 2.75) is 32.5 Å². The molecule has 0 radical (unpaired) electrons. The van der Waals surface area contributed by atoms with E-state index in [1.807, 2.05) is 0 Å². The monoisotopic (exact) mass is 310 g/mol. The number of hydrogen-bond donors (Lipinski definition) is 0. The van der Waals surface area contributed by atoms with Gasteiger partial charge in [0.25, 0.3) is 0 Å². The smallest absolute Gasteiger partial charge is 0.417 e. The molecule has 0 aliphatic carbocycles. The van der Waals surface area contributed by atoms with E-state index >= 15 is 0 Å². The molecule has 1 saturated heterocycles. The van der Waals surface area contributed by atoms with E-state index in [9.17, 15) is 22.8 Å². The fraction of sp³-hybridized carbons (Fsp3) is 0.846. The van der Waals surface area contributed by atoms with Gasteiger partial charge in [-0.05, 0) is 34.9 Å². The van der Waals surface area contributed by atoms with Crippen molar-refractivity contribution in [3.63, 3.8) is 0 Å². The topological polar surface area (TPSA) is 49.9 Å². The molecular formula is C13H21F3N2O3. The Morgan fingerprint density at radius 3 is 2.24 bits per heavy atom. The molecule has 1 aliphatic heterocycles. The number of amides is 2. The number of nitrogens with zero attached hydrogens (tertiary/aromatic N) is 2. The second-order valence-electron chi connectivity index (χ2n) is 6.45. The van der Waals surface area contributed by atoms with Gasteiger partial charge in [-0.1, -0.05) is 0 Å². The van der Waals surface area contributed by atoms with E-state index in [1.165, 1.54) is 4.90 Å². The third-order valence-electron chi connectivity index (χ3n) is 3.04. The maximum atomic E-state index is 13.1. The van der Waals surface area contributed by atoms with Crippen LogP contribution in [0.3, 0.4) is 0 Å². The first-order valence-electron chi connectivity index (χ1n) is 6.58. The average molecular weight is 310 g/mol. The Balaban J connectivity index is 2.96. The standard InChI is InChI=1S/C13H21F3N2O3/c1-12(2,3)21-11(20)18-7-9(13(14,15)16)8(10(18)19)6-17(4)5/h8-9H,6-7H2,1-5H3. The van der Waals surface area contributed by atoms with Crippen LogP contribution in [-0.2, 0) is 9.53 Å². The number of imide groups is 1. The highest BCUT2D eigenvalue weighted by atomic mass is 19.4. The lowest BCUT2D eigenvalue weighted by atomic mass is 9.94. The zero-order chi connectivity index (χ0) is 16.6. The van der Waals surface area contributed by atoms with Crippen LogP contribution in [-0.4, -0.2) is 60.8 Å². The van der Waals surface area contributed by atoms with E-state index in [-0.39, 0.29) is 6.54 Å². The molecule has 0 spiro atoms. The first kappa shape index (κ1) is 17.7. The van der Waals surface area contributed by atoms with E-state index in [4.69, 9.17) is 4.74 Å². The molecular weight excluding hydrogens is 289 g/mol. The molecule has 1 rings (SSSR count). The van der Waals surface area contributed by atoms with Gasteiger partial charge in [0.1, 0.15) is 5.60 Å². The molecule has 0 aromatic carbocycles. The lowest BCUT2D eigenvalue weighted by molar-refractivity contribution is -0.182. The fourth-order valence-electron chi connectivity index (χ4n) is 2.20. The summed E-state index contributed by atoms with van der Waals surface area (Å²) in [7, 11) is 3.16. The summed E-state index contributed by atoms with van der Waals surface area (Å²) in [4.78, 5) is 26.1. The number of rotatable bonds is 2. The van der Waals surface area contributed by atoms with Crippen molar-refractivity contribution in [3.8, 4) is 0 Å². The lowest BCUT2D eigenvalue weighted by Gasteiger charge is -2.23. The number of likely N-dealkylation sites (tertiary alicyclic amines) is 1. The number of carbonyl (C=O) groups excluding carboxylic acids is 2. The van der Waals surface area contributed by atoms with Crippen LogP contribution in [0.4, 0.5) is 18.0 Å². The first-order valence-corrected chi connectivity index (χ1v) is 6.58. The number of ether oxygens (including phenoxy) is 1. The molecule has 0 bridgehead atoms. The van der Waals surface area contributed by atoms with Crippen LogP contribution >= 0.6 is 0 Å². The molecule has 0 aromatic rings. The maximum Gasteiger partial charge on any atom is 0.417 e. The van der Waals surface area contributed by atoms with E-state index in [2.05, 4.69) is 0 Å². The quantitative estimate of drug-likeness (QED) is 0.784. The van der Waals surface area contributed by atoms with Gasteiger partial charge in [0.15, 0.2) is 0 Å². The minimum Gasteiger partial charge on any atom is -0.443 e. The molecule has 122 valence electrons. The van der Waals surface area contributed by atoms with Crippen molar-refractivity contribution in [2.75, 3.05) is 27.2 Å². The Bertz CT molecular complexity index is 416. The van der Waals surface area contributed by atoms with Gasteiger partial charge < -0.3 is 9.64 Å². The Morgan fingerprint density at radius 2 is 1.86 bits per heavy atom. The van der Waals surface area contributed by atoms with E-state index in [1.54, 1.807) is 34.9 Å². The van der Waals surface area contributed by atoms with Gasteiger partial charge in [-0.2, -0.15) is 13.2 Å². The summed E-state index contributed by atoms with van der Waals surface area (Å²) >= 11 is 0. The average Bonchev–Trinajstić information content (AvgIpc) is 2.52. The molecule has 0 N–H and O–H groups in total. The molecule has 2 amide bonds. The predicted octanol–water partition coefficient (Wildman–Crippen LogP) is 2.12. The summed E-state index contributed by atoms with van der Waals surface area (Å²) in [5, 5.41) is 0. The molecule has 8 heteroatoms. The van der Waals surface area contributed by atoms with E-state index in [0.29, 0.717) is 4.90 Å². The van der Waals surface area contributed by atoms with Gasteiger partial charge in [-0.25, -0.2) is 9.69 Å². The third-order valence-corrected chi connectivity index (χ3v) is 3.04. The molecule has 1 fully saturated rings. The predicted molar refractivity (Wildman–Crippen MR) is 69.5 cm³/mol. The molecule has 2 unspecified atom stereocenters. The zero-order valence-corrected chi connectivity index (χ0v) is 12.8. The van der Waals surface area contributed by atoms with Gasteiger partial charge in [-0.3, -0.25) is 4.79 Å². The van der Waals surface area contributed by atoms with Crippen molar-refractivity contribution < 1.29 is 27.5 Å². The first-order chi connectivity index (χ1) is 9.33. The molecule has 0 aromatic heterocycles. The summed E-state index contributed by atoms with van der Waals surface area (Å²) in [6.07, 6.45) is -5.56. The van der Waals surface area contributed by atoms with Crippen LogP contribution in [0.2, 0.25) is 0 Å². The van der Waals surface area contributed by atoms with Crippen molar-refractivity contribution in [1.29, 1.82) is 0 Å². The van der Waals surface area contributed by atoms with Gasteiger partial charge in [0.05, 0.1) is 11.8 Å². The van der Waals surface area contributed by atoms with Gasteiger partial charge in [-0.15, -0.1) is 0 Å². The van der Waals surface area contributed by atoms with Gasteiger partial charge in [0, 0.05) is 13.1 Å². The molecule has 5 nitrogen and oxygen atoms in total. The second kappa shape index (κ2) is 5.82. The highest BCUT2D eigenvalue weighted by Crippen LogP contribution is 2.39. The molecule has 1 aliphatic rings. The summed E-state index contributed by atoms with van der Waals surface area (Å²) in [6.45, 7) is 4.01. The minimum atomic E-state index is -4.53. The van der Waals surface area contributed by atoms with E-state index in [0.717, 1.165) is 0 Å². The molecule has 2 atom stereocenters. The SMILES string of the molecule is CN(C)CC1C(=O)N(C(=O)OC(C)(C)C)CC1C(F)(F)F. The molecule has 0 saturated carbocycles. The Labute approximate surface area is 122 Å². The normalized spacial score (nSPS) is 23.9. The summed E-state index contributed by atoms with van der Waals surface area (Å²) in [6, 6.07) is 0. The van der Waals surface area contributed by atoms with Crippen molar-refractivity contribution in [2.24, 2.45) is 11.8 Å². The lowest BCUT2D eigenvalue weighted by Crippen LogP contribution is -2.39. The number of hydrogen-bond acceptors (Lipinski definition) is 4. The Hall–Kier alpha value is -1.31. The highest BCUT2D eigenvalue weighted by molar-refractivity contribution is 5.95. The Morgan fingerprint density at radius 1 is 1.33 bits per heavy atom. The van der Waals surface area contributed by atoms with Crippen molar-refractivity contribution in [1.82, 2.24) is 9.80 Å². The number of alkyl halides is 3. The maximum absolute atomic E-state index is 13.1. The van der Waals surface area contributed by atoms with Crippen molar-refractivity contribution >= 4 is 12.0 Å². The van der Waals surface area contributed by atoms with Crippen LogP contribution in [0.5, 0.6) is 0 Å². The number of carbonyl (C=O) groups is 2. The van der Waals surface area contributed by atoms with Crippen LogP contribution in [0.25, 0.3) is 0 Å². The van der Waals surface area contributed by atoms with Gasteiger partial charge in [0.2, 0.25) is 5.91 Å². The van der Waals surface area contributed by atoms with Crippen LogP contribution in [0.15, 0.2) is 0 Å². The largest absolute Gasteiger partial charge is 0.443 e. The number of halogens is 3. The highest BCUT2D eigenvalue weighted by Gasteiger charge is 2.56. The van der Waals surface area contributed by atoms with Crippen molar-refractivity contribution in [3.05, 3.63) is 0 Å². The van der Waals surface area contributed by atoms with E-state index < -0.39 is 42.2 Å². The zero-order valence-electron chi connectivity index (χ0n) is 12.8. The molecule has 1 heterocycles.